The molecule has 1 fully saturated rings. The fourth-order valence-corrected chi connectivity index (χ4v) is 6.93. The third kappa shape index (κ3) is 7.09. The Balaban J connectivity index is 1.49. The number of anilines is 1. The van der Waals surface area contributed by atoms with E-state index in [0.717, 1.165) is 24.8 Å². The maximum atomic E-state index is 13.6. The molecule has 1 atom stereocenters. The van der Waals surface area contributed by atoms with Crippen molar-refractivity contribution in [3.63, 3.8) is 0 Å². The Labute approximate surface area is 269 Å². The molecule has 0 radical (unpaired) electrons. The second kappa shape index (κ2) is 14.7. The van der Waals surface area contributed by atoms with Crippen LogP contribution >= 0.6 is 34.7 Å². The zero-order valence-electron chi connectivity index (χ0n) is 24.4. The van der Waals surface area contributed by atoms with Crippen molar-refractivity contribution in [1.29, 1.82) is 0 Å². The molecular weight excluding hydrogens is 618 g/mol. The highest BCUT2D eigenvalue weighted by Gasteiger charge is 2.48. The molecule has 1 amide bonds. The van der Waals surface area contributed by atoms with E-state index in [4.69, 9.17) is 21.1 Å². The van der Waals surface area contributed by atoms with Gasteiger partial charge in [-0.15, -0.1) is 10.2 Å². The molecule has 1 aliphatic heterocycles. The van der Waals surface area contributed by atoms with E-state index < -0.39 is 17.7 Å². The van der Waals surface area contributed by atoms with E-state index in [0.29, 0.717) is 51.0 Å². The lowest BCUT2D eigenvalue weighted by atomic mass is 9.95. The molecule has 1 unspecified atom stereocenters. The number of aromatic nitrogens is 2. The zero-order valence-corrected chi connectivity index (χ0v) is 26.8. The topological polar surface area (TPSA) is 102 Å². The molecule has 0 spiro atoms. The largest absolute Gasteiger partial charge is 0.507 e. The van der Waals surface area contributed by atoms with Crippen LogP contribution in [0.25, 0.3) is 5.76 Å². The van der Waals surface area contributed by atoms with Gasteiger partial charge in [-0.3, -0.25) is 14.5 Å². The van der Waals surface area contributed by atoms with Crippen molar-refractivity contribution in [3.05, 3.63) is 100 Å². The van der Waals surface area contributed by atoms with Crippen LogP contribution in [0, 0.1) is 0 Å². The molecule has 11 heteroatoms. The van der Waals surface area contributed by atoms with Crippen molar-refractivity contribution in [1.82, 2.24) is 10.2 Å². The molecule has 0 bridgehead atoms. The molecular formula is C33H32ClN3O5S2. The summed E-state index contributed by atoms with van der Waals surface area (Å²) in [6.45, 7) is 5.11. The Morgan fingerprint density at radius 1 is 0.955 bits per heavy atom. The number of carbonyl (C=O) groups excluding carboxylic acids is 2. The Morgan fingerprint density at radius 3 is 2.36 bits per heavy atom. The van der Waals surface area contributed by atoms with Crippen LogP contribution < -0.4 is 14.4 Å². The van der Waals surface area contributed by atoms with Crippen molar-refractivity contribution in [3.8, 4) is 11.5 Å². The second-order valence-electron chi connectivity index (χ2n) is 9.98. The lowest BCUT2D eigenvalue weighted by molar-refractivity contribution is -0.132. The Morgan fingerprint density at radius 2 is 1.66 bits per heavy atom. The first kappa shape index (κ1) is 31.6. The van der Waals surface area contributed by atoms with Gasteiger partial charge in [0, 0.05) is 16.3 Å². The Bertz CT molecular complexity index is 1640. The van der Waals surface area contributed by atoms with Gasteiger partial charge in [0.15, 0.2) is 4.34 Å². The fraction of sp³-hybridized carbons (Fsp3) is 0.273. The van der Waals surface area contributed by atoms with Gasteiger partial charge in [0.05, 0.1) is 24.8 Å². The minimum absolute atomic E-state index is 0.0313. The van der Waals surface area contributed by atoms with E-state index >= 15 is 0 Å². The summed E-state index contributed by atoms with van der Waals surface area (Å²) in [5.74, 6) is 0.00175. The standard InChI is InChI=1S/C33H32ClN3O5S2/c1-3-5-8-19-42-25-15-11-21(12-16-25)28-27(29(38)22-13-17-24(18-14-22)41-4-2)30(39)31(40)37(28)32-35-36-33(44-32)43-20-23-9-6-7-10-26(23)34/h6-7,9-18,28,38H,3-5,8,19-20H2,1-2H3/b29-27-. The number of unbranched alkanes of at least 4 members (excludes halogenated alkanes) is 2. The predicted octanol–water partition coefficient (Wildman–Crippen LogP) is 8.08. The zero-order chi connectivity index (χ0) is 31.1. The number of hydrogen-bond donors (Lipinski definition) is 1. The highest BCUT2D eigenvalue weighted by Crippen LogP contribution is 2.44. The van der Waals surface area contributed by atoms with E-state index in [1.54, 1.807) is 36.4 Å². The quantitative estimate of drug-likeness (QED) is 0.0387. The molecule has 8 nitrogen and oxygen atoms in total. The molecule has 4 aromatic rings. The monoisotopic (exact) mass is 649 g/mol. The number of halogens is 1. The third-order valence-electron chi connectivity index (χ3n) is 7.01. The molecule has 0 aliphatic carbocycles. The first-order chi connectivity index (χ1) is 21.4. The van der Waals surface area contributed by atoms with E-state index in [9.17, 15) is 14.7 Å². The fourth-order valence-electron chi connectivity index (χ4n) is 4.78. The number of Topliss-reactive ketones (excluding diaryl/α,β-unsaturated/α-hetero) is 1. The van der Waals surface area contributed by atoms with E-state index in [2.05, 4.69) is 17.1 Å². The van der Waals surface area contributed by atoms with Gasteiger partial charge in [-0.2, -0.15) is 0 Å². The van der Waals surface area contributed by atoms with Crippen LogP contribution in [0.3, 0.4) is 0 Å². The summed E-state index contributed by atoms with van der Waals surface area (Å²) >= 11 is 8.95. The summed E-state index contributed by atoms with van der Waals surface area (Å²) in [5.41, 5.74) is 1.93. The first-order valence-corrected chi connectivity index (χ1v) is 16.6. The summed E-state index contributed by atoms with van der Waals surface area (Å²) in [5, 5.41) is 20.9. The smallest absolute Gasteiger partial charge is 0.301 e. The van der Waals surface area contributed by atoms with Gasteiger partial charge in [0.1, 0.15) is 17.3 Å². The molecule has 1 saturated heterocycles. The van der Waals surface area contributed by atoms with Crippen LogP contribution in [0.15, 0.2) is 82.7 Å². The summed E-state index contributed by atoms with van der Waals surface area (Å²) in [7, 11) is 0. The van der Waals surface area contributed by atoms with Gasteiger partial charge in [0.2, 0.25) is 5.13 Å². The number of rotatable bonds is 13. The number of ether oxygens (including phenoxy) is 2. The van der Waals surface area contributed by atoms with Crippen molar-refractivity contribution in [2.45, 2.75) is 49.2 Å². The third-order valence-corrected chi connectivity index (χ3v) is 9.48. The minimum atomic E-state index is -0.926. The first-order valence-electron chi connectivity index (χ1n) is 14.4. The molecule has 228 valence electrons. The van der Waals surface area contributed by atoms with Crippen LogP contribution in [0.2, 0.25) is 5.02 Å². The second-order valence-corrected chi connectivity index (χ2v) is 12.6. The summed E-state index contributed by atoms with van der Waals surface area (Å²) < 4.78 is 12.0. The van der Waals surface area contributed by atoms with Gasteiger partial charge in [-0.25, -0.2) is 0 Å². The maximum Gasteiger partial charge on any atom is 0.301 e. The van der Waals surface area contributed by atoms with Crippen molar-refractivity contribution in [2.75, 3.05) is 18.1 Å². The molecule has 1 N–H and O–H groups in total. The number of thioether (sulfide) groups is 1. The lowest BCUT2D eigenvalue weighted by Gasteiger charge is -2.22. The summed E-state index contributed by atoms with van der Waals surface area (Å²) in [4.78, 5) is 28.5. The van der Waals surface area contributed by atoms with E-state index in [1.165, 1.54) is 28.0 Å². The number of aliphatic hydroxyl groups excluding tert-OH is 1. The highest BCUT2D eigenvalue weighted by atomic mass is 35.5. The number of ketones is 1. The number of hydrogen-bond acceptors (Lipinski definition) is 9. The molecule has 44 heavy (non-hydrogen) atoms. The summed E-state index contributed by atoms with van der Waals surface area (Å²) in [6, 6.07) is 20.6. The molecule has 0 saturated carbocycles. The molecule has 2 heterocycles. The Hall–Kier alpha value is -3.86. The molecule has 1 aromatic heterocycles. The number of carbonyl (C=O) groups is 2. The average molecular weight is 650 g/mol. The van der Waals surface area contributed by atoms with Crippen molar-refractivity contribution >= 4 is 57.3 Å². The number of aliphatic hydroxyl groups is 1. The van der Waals surface area contributed by atoms with E-state index in [-0.39, 0.29) is 16.5 Å². The molecule has 1 aliphatic rings. The normalized spacial score (nSPS) is 16.0. The van der Waals surface area contributed by atoms with Crippen LogP contribution in [0.5, 0.6) is 11.5 Å². The van der Waals surface area contributed by atoms with Crippen LogP contribution in [0.4, 0.5) is 5.13 Å². The molecule has 5 rings (SSSR count). The average Bonchev–Trinajstić information content (AvgIpc) is 3.61. The SMILES string of the molecule is CCCCCOc1ccc(C2/C(=C(/O)c3ccc(OCC)cc3)C(=O)C(=O)N2c2nnc(SCc3ccccc3Cl)s2)cc1. The van der Waals surface area contributed by atoms with Crippen LogP contribution in [0.1, 0.15) is 55.8 Å². The maximum absolute atomic E-state index is 13.6. The number of amides is 1. The number of nitrogens with zero attached hydrogens (tertiary/aromatic N) is 3. The van der Waals surface area contributed by atoms with Crippen molar-refractivity contribution in [2.24, 2.45) is 0 Å². The van der Waals surface area contributed by atoms with Crippen LogP contribution in [-0.2, 0) is 15.3 Å². The van der Waals surface area contributed by atoms with Crippen molar-refractivity contribution < 1.29 is 24.2 Å². The molecule has 3 aromatic carbocycles. The van der Waals surface area contributed by atoms with Gasteiger partial charge in [-0.1, -0.05) is 84.8 Å². The predicted molar refractivity (Wildman–Crippen MR) is 175 cm³/mol. The van der Waals surface area contributed by atoms with Crippen LogP contribution in [-0.4, -0.2) is 40.2 Å². The highest BCUT2D eigenvalue weighted by molar-refractivity contribution is 8.00. The lowest BCUT2D eigenvalue weighted by Crippen LogP contribution is -2.29. The number of benzene rings is 3. The van der Waals surface area contributed by atoms with E-state index in [1.807, 2.05) is 43.3 Å². The summed E-state index contributed by atoms with van der Waals surface area (Å²) in [6.07, 6.45) is 3.13. The van der Waals surface area contributed by atoms with Gasteiger partial charge in [-0.05, 0) is 66.9 Å². The minimum Gasteiger partial charge on any atom is -0.507 e. The Kier molecular flexibility index (Phi) is 10.6. The van der Waals surface area contributed by atoms with Gasteiger partial charge >= 0.3 is 5.91 Å². The van der Waals surface area contributed by atoms with Gasteiger partial charge < -0.3 is 14.6 Å². The van der Waals surface area contributed by atoms with Gasteiger partial charge in [0.25, 0.3) is 5.78 Å².